The van der Waals surface area contributed by atoms with Crippen LogP contribution in [0.15, 0.2) is 39.6 Å². The Balaban J connectivity index is 2.00. The number of benzene rings is 1. The van der Waals surface area contributed by atoms with Gasteiger partial charge in [0.2, 0.25) is 0 Å². The van der Waals surface area contributed by atoms with E-state index in [0.29, 0.717) is 22.2 Å². The van der Waals surface area contributed by atoms with E-state index in [0.717, 1.165) is 4.90 Å². The average Bonchev–Trinajstić information content (AvgIpc) is 2.88. The van der Waals surface area contributed by atoms with Crippen molar-refractivity contribution in [2.75, 3.05) is 5.73 Å². The molecule has 7 heteroatoms. The van der Waals surface area contributed by atoms with Gasteiger partial charge in [-0.2, -0.15) is 0 Å². The quantitative estimate of drug-likeness (QED) is 0.265. The molecule has 0 unspecified atom stereocenters. The molecule has 19 heavy (non-hydrogen) atoms. The lowest BCUT2D eigenvalue weighted by atomic mass is 10.3. The molecule has 2 rings (SSSR count). The van der Waals surface area contributed by atoms with Gasteiger partial charge in [0, 0.05) is 4.90 Å². The van der Waals surface area contributed by atoms with Gasteiger partial charge in [-0.15, -0.1) is 11.8 Å². The third-order valence-corrected chi connectivity index (χ3v) is 3.71. The molecule has 1 amide bonds. The maximum atomic E-state index is 11.2. The summed E-state index contributed by atoms with van der Waals surface area (Å²) in [6, 6.07) is 8.73. The van der Waals surface area contributed by atoms with Gasteiger partial charge in [-0.1, -0.05) is 11.6 Å². The van der Waals surface area contributed by atoms with E-state index in [1.807, 2.05) is 11.5 Å². The van der Waals surface area contributed by atoms with Gasteiger partial charge >= 0.3 is 5.91 Å². The maximum Gasteiger partial charge on any atom is 0.300 e. The fourth-order valence-corrected chi connectivity index (χ4v) is 2.48. The number of nitrogen functional groups attached to an aromatic ring is 2. The van der Waals surface area contributed by atoms with Crippen molar-refractivity contribution < 1.29 is 9.21 Å². The lowest BCUT2D eigenvalue weighted by molar-refractivity contribution is 0.0924. The third-order valence-electron chi connectivity index (χ3n) is 2.37. The first-order valence-corrected chi connectivity index (χ1v) is 6.74. The number of anilines is 1. The third kappa shape index (κ3) is 3.44. The molecule has 0 saturated heterocycles. The SMILES string of the molecule is NNC(=O)c1ccc(CSc2ccc(N)c(Cl)c2)o1. The van der Waals surface area contributed by atoms with Crippen molar-refractivity contribution >= 4 is 35.0 Å². The molecule has 5 nitrogen and oxygen atoms in total. The van der Waals surface area contributed by atoms with E-state index in [-0.39, 0.29) is 5.76 Å². The van der Waals surface area contributed by atoms with E-state index in [1.165, 1.54) is 11.8 Å². The summed E-state index contributed by atoms with van der Waals surface area (Å²) >= 11 is 7.46. The van der Waals surface area contributed by atoms with Gasteiger partial charge in [0.25, 0.3) is 0 Å². The summed E-state index contributed by atoms with van der Waals surface area (Å²) in [7, 11) is 0. The maximum absolute atomic E-state index is 11.2. The van der Waals surface area contributed by atoms with Gasteiger partial charge in [-0.25, -0.2) is 5.84 Å². The van der Waals surface area contributed by atoms with Gasteiger partial charge in [-0.05, 0) is 30.3 Å². The van der Waals surface area contributed by atoms with Crippen molar-refractivity contribution in [2.24, 2.45) is 5.84 Å². The molecule has 0 bridgehead atoms. The van der Waals surface area contributed by atoms with Crippen LogP contribution in [0.1, 0.15) is 16.3 Å². The highest BCUT2D eigenvalue weighted by molar-refractivity contribution is 7.98. The van der Waals surface area contributed by atoms with Crippen molar-refractivity contribution in [1.82, 2.24) is 5.43 Å². The predicted molar refractivity (Wildman–Crippen MR) is 75.8 cm³/mol. The van der Waals surface area contributed by atoms with Crippen LogP contribution in [0.25, 0.3) is 0 Å². The van der Waals surface area contributed by atoms with Gasteiger partial charge in [-0.3, -0.25) is 10.2 Å². The summed E-state index contributed by atoms with van der Waals surface area (Å²) in [5.41, 5.74) is 8.19. The second-order valence-electron chi connectivity index (χ2n) is 3.71. The van der Waals surface area contributed by atoms with E-state index in [1.54, 1.807) is 24.3 Å². The van der Waals surface area contributed by atoms with Crippen LogP contribution in [-0.4, -0.2) is 5.91 Å². The van der Waals surface area contributed by atoms with Gasteiger partial charge in [0.15, 0.2) is 5.76 Å². The molecule has 2 aromatic rings. The van der Waals surface area contributed by atoms with Crippen LogP contribution >= 0.6 is 23.4 Å². The fraction of sp³-hybridized carbons (Fsp3) is 0.0833. The number of amides is 1. The minimum atomic E-state index is -0.452. The Morgan fingerprint density at radius 2 is 2.16 bits per heavy atom. The Bertz CT molecular complexity index is 600. The molecule has 0 aliphatic carbocycles. The number of rotatable bonds is 4. The molecule has 0 aliphatic heterocycles. The monoisotopic (exact) mass is 297 g/mol. The molecule has 0 fully saturated rings. The summed E-state index contributed by atoms with van der Waals surface area (Å²) in [6.07, 6.45) is 0. The number of carbonyl (C=O) groups is 1. The summed E-state index contributed by atoms with van der Waals surface area (Å²) in [5.74, 6) is 6.01. The summed E-state index contributed by atoms with van der Waals surface area (Å²) < 4.78 is 5.34. The summed E-state index contributed by atoms with van der Waals surface area (Å²) in [5, 5.41) is 0.521. The molecule has 0 spiro atoms. The number of hydrogen-bond donors (Lipinski definition) is 3. The number of hydrogen-bond acceptors (Lipinski definition) is 5. The van der Waals surface area contributed by atoms with Crippen LogP contribution in [0.4, 0.5) is 5.69 Å². The van der Waals surface area contributed by atoms with E-state index < -0.39 is 5.91 Å². The van der Waals surface area contributed by atoms with Crippen molar-refractivity contribution in [2.45, 2.75) is 10.6 Å². The highest BCUT2D eigenvalue weighted by atomic mass is 35.5. The number of thioether (sulfide) groups is 1. The Kier molecular flexibility index (Phi) is 4.36. The zero-order valence-electron chi connectivity index (χ0n) is 9.85. The molecule has 1 aromatic carbocycles. The van der Waals surface area contributed by atoms with Crippen molar-refractivity contribution in [3.63, 3.8) is 0 Å². The molecule has 1 aromatic heterocycles. The number of nitrogens with two attached hydrogens (primary N) is 2. The highest BCUT2D eigenvalue weighted by Gasteiger charge is 2.09. The molecule has 100 valence electrons. The smallest absolute Gasteiger partial charge is 0.300 e. The minimum Gasteiger partial charge on any atom is -0.455 e. The van der Waals surface area contributed by atoms with Crippen LogP contribution in [0.2, 0.25) is 5.02 Å². The van der Waals surface area contributed by atoms with Crippen LogP contribution in [0.3, 0.4) is 0 Å². The number of hydrazine groups is 1. The zero-order chi connectivity index (χ0) is 13.8. The second kappa shape index (κ2) is 6.01. The van der Waals surface area contributed by atoms with E-state index >= 15 is 0 Å². The van der Waals surface area contributed by atoms with E-state index in [9.17, 15) is 4.79 Å². The summed E-state index contributed by atoms with van der Waals surface area (Å²) in [4.78, 5) is 12.2. The topological polar surface area (TPSA) is 94.3 Å². The number of furan rings is 1. The molecule has 1 heterocycles. The second-order valence-corrected chi connectivity index (χ2v) is 5.17. The van der Waals surface area contributed by atoms with Gasteiger partial charge in [0.1, 0.15) is 5.76 Å². The Morgan fingerprint density at radius 1 is 1.37 bits per heavy atom. The van der Waals surface area contributed by atoms with Crippen molar-refractivity contribution in [3.8, 4) is 0 Å². The first-order chi connectivity index (χ1) is 9.10. The predicted octanol–water partition coefficient (Wildman–Crippen LogP) is 2.41. The Hall–Kier alpha value is -1.63. The van der Waals surface area contributed by atoms with Crippen LogP contribution in [-0.2, 0) is 5.75 Å². The largest absolute Gasteiger partial charge is 0.455 e. The number of nitrogens with one attached hydrogen (secondary N) is 1. The molecule has 0 aliphatic rings. The molecular weight excluding hydrogens is 286 g/mol. The molecular formula is C12H12ClN3O2S. The Morgan fingerprint density at radius 3 is 2.84 bits per heavy atom. The average molecular weight is 298 g/mol. The molecule has 5 N–H and O–H groups in total. The van der Waals surface area contributed by atoms with Crippen molar-refractivity contribution in [1.29, 1.82) is 0 Å². The normalized spacial score (nSPS) is 10.4. The molecule has 0 atom stereocenters. The molecule has 0 radical (unpaired) electrons. The van der Waals surface area contributed by atoms with E-state index in [4.69, 9.17) is 27.6 Å². The van der Waals surface area contributed by atoms with Crippen LogP contribution in [0.5, 0.6) is 0 Å². The van der Waals surface area contributed by atoms with Gasteiger partial charge in [0.05, 0.1) is 16.5 Å². The first-order valence-electron chi connectivity index (χ1n) is 5.37. The molecule has 0 saturated carbocycles. The minimum absolute atomic E-state index is 0.188. The number of halogens is 1. The Labute approximate surface area is 119 Å². The zero-order valence-corrected chi connectivity index (χ0v) is 11.4. The fourth-order valence-electron chi connectivity index (χ4n) is 1.40. The summed E-state index contributed by atoms with van der Waals surface area (Å²) in [6.45, 7) is 0. The lowest BCUT2D eigenvalue weighted by Crippen LogP contribution is -2.29. The van der Waals surface area contributed by atoms with Crippen LogP contribution in [0, 0.1) is 0 Å². The number of carbonyl (C=O) groups excluding carboxylic acids is 1. The van der Waals surface area contributed by atoms with Gasteiger partial charge < -0.3 is 10.2 Å². The highest BCUT2D eigenvalue weighted by Crippen LogP contribution is 2.28. The lowest BCUT2D eigenvalue weighted by Gasteiger charge is -2.02. The first kappa shape index (κ1) is 13.8. The van der Waals surface area contributed by atoms with Crippen molar-refractivity contribution in [3.05, 3.63) is 46.9 Å². The van der Waals surface area contributed by atoms with E-state index in [2.05, 4.69) is 0 Å². The van der Waals surface area contributed by atoms with Crippen LogP contribution < -0.4 is 17.0 Å². The standard InChI is InChI=1S/C12H12ClN3O2S/c13-9-5-8(2-3-10(9)14)19-6-7-1-4-11(18-7)12(17)16-15/h1-5H,6,14-15H2,(H,16,17).